The van der Waals surface area contributed by atoms with Gasteiger partial charge in [0.2, 0.25) is 0 Å². The summed E-state index contributed by atoms with van der Waals surface area (Å²) in [4.78, 5) is 0. The molecule has 1 rings (SSSR count). The van der Waals surface area contributed by atoms with Gasteiger partial charge >= 0.3 is 0 Å². The molecule has 3 nitrogen and oxygen atoms in total. The second-order valence-corrected chi connectivity index (χ2v) is 4.10. The van der Waals surface area contributed by atoms with Crippen molar-refractivity contribution in [3.63, 3.8) is 0 Å². The lowest BCUT2D eigenvalue weighted by Gasteiger charge is -2.22. The van der Waals surface area contributed by atoms with Crippen molar-refractivity contribution in [3.05, 3.63) is 29.8 Å². The molecule has 2 atom stereocenters. The second-order valence-electron chi connectivity index (χ2n) is 4.10. The van der Waals surface area contributed by atoms with E-state index in [1.54, 1.807) is 12.1 Å². The van der Waals surface area contributed by atoms with Crippen LogP contribution < -0.4 is 5.32 Å². The van der Waals surface area contributed by atoms with Gasteiger partial charge in [0.1, 0.15) is 5.75 Å². The van der Waals surface area contributed by atoms with Crippen LogP contribution in [0.15, 0.2) is 24.3 Å². The predicted molar refractivity (Wildman–Crippen MR) is 65.4 cm³/mol. The van der Waals surface area contributed by atoms with E-state index in [1.807, 2.05) is 12.1 Å². The summed E-state index contributed by atoms with van der Waals surface area (Å²) >= 11 is 0. The molecule has 0 bridgehead atoms. The lowest BCUT2D eigenvalue weighted by Crippen LogP contribution is -2.31. The molecule has 0 heterocycles. The van der Waals surface area contributed by atoms with E-state index in [0.29, 0.717) is 11.8 Å². The Morgan fingerprint density at radius 3 is 2.38 bits per heavy atom. The van der Waals surface area contributed by atoms with Crippen LogP contribution in [0.3, 0.4) is 0 Å². The Kier molecular flexibility index (Phi) is 5.29. The minimum Gasteiger partial charge on any atom is -0.508 e. The number of aliphatic hydroxyl groups excluding tert-OH is 1. The fourth-order valence-electron chi connectivity index (χ4n) is 1.77. The van der Waals surface area contributed by atoms with Gasteiger partial charge in [0.05, 0.1) is 0 Å². The molecule has 0 radical (unpaired) electrons. The molecular formula is C13H21NO2. The SMILES string of the molecule is CCC(CCO)NC(C)c1ccc(O)cc1. The maximum Gasteiger partial charge on any atom is 0.115 e. The van der Waals surface area contributed by atoms with Crippen molar-refractivity contribution < 1.29 is 10.2 Å². The first-order chi connectivity index (χ1) is 7.67. The molecule has 0 aromatic heterocycles. The smallest absolute Gasteiger partial charge is 0.115 e. The van der Waals surface area contributed by atoms with Crippen LogP contribution in [0, 0.1) is 0 Å². The fourth-order valence-corrected chi connectivity index (χ4v) is 1.77. The number of aliphatic hydroxyl groups is 1. The van der Waals surface area contributed by atoms with Crippen LogP contribution in [-0.4, -0.2) is 22.9 Å². The molecule has 0 spiro atoms. The zero-order valence-electron chi connectivity index (χ0n) is 9.98. The maximum absolute atomic E-state index is 9.20. The van der Waals surface area contributed by atoms with Crippen molar-refractivity contribution in [1.82, 2.24) is 5.32 Å². The number of hydrogen-bond acceptors (Lipinski definition) is 3. The first kappa shape index (κ1) is 13.0. The molecule has 0 aliphatic rings. The summed E-state index contributed by atoms with van der Waals surface area (Å²) in [5, 5.41) is 21.6. The Morgan fingerprint density at radius 2 is 1.88 bits per heavy atom. The first-order valence-corrected chi connectivity index (χ1v) is 5.83. The molecule has 0 aliphatic heterocycles. The highest BCUT2D eigenvalue weighted by Crippen LogP contribution is 2.17. The van der Waals surface area contributed by atoms with Crippen molar-refractivity contribution in [2.75, 3.05) is 6.61 Å². The molecule has 0 saturated carbocycles. The molecule has 3 N–H and O–H groups in total. The number of phenolic OH excluding ortho intramolecular Hbond substituents is 1. The van der Waals surface area contributed by atoms with Gasteiger partial charge in [0.15, 0.2) is 0 Å². The van der Waals surface area contributed by atoms with E-state index in [-0.39, 0.29) is 12.6 Å². The van der Waals surface area contributed by atoms with Gasteiger partial charge in [-0.1, -0.05) is 19.1 Å². The van der Waals surface area contributed by atoms with Crippen LogP contribution in [0.5, 0.6) is 5.75 Å². The summed E-state index contributed by atoms with van der Waals surface area (Å²) in [6.07, 6.45) is 1.78. The summed E-state index contributed by atoms with van der Waals surface area (Å²) in [6.45, 7) is 4.41. The van der Waals surface area contributed by atoms with E-state index in [0.717, 1.165) is 18.4 Å². The zero-order chi connectivity index (χ0) is 12.0. The monoisotopic (exact) mass is 223 g/mol. The molecular weight excluding hydrogens is 202 g/mol. The number of benzene rings is 1. The highest BCUT2D eigenvalue weighted by atomic mass is 16.3. The molecule has 0 fully saturated rings. The summed E-state index contributed by atoms with van der Waals surface area (Å²) in [5.41, 5.74) is 1.15. The molecule has 16 heavy (non-hydrogen) atoms. The van der Waals surface area contributed by atoms with E-state index in [1.165, 1.54) is 0 Å². The molecule has 90 valence electrons. The summed E-state index contributed by atoms with van der Waals surface area (Å²) < 4.78 is 0. The third kappa shape index (κ3) is 3.83. The third-order valence-electron chi connectivity index (χ3n) is 2.85. The van der Waals surface area contributed by atoms with Crippen LogP contribution in [0.1, 0.15) is 38.3 Å². The molecule has 1 aromatic rings. The van der Waals surface area contributed by atoms with Gasteiger partial charge in [-0.3, -0.25) is 0 Å². The van der Waals surface area contributed by atoms with Gasteiger partial charge in [0.25, 0.3) is 0 Å². The van der Waals surface area contributed by atoms with Gasteiger partial charge in [0, 0.05) is 18.7 Å². The summed E-state index contributed by atoms with van der Waals surface area (Å²) in [7, 11) is 0. The summed E-state index contributed by atoms with van der Waals surface area (Å²) in [6, 6.07) is 7.80. The van der Waals surface area contributed by atoms with E-state index in [9.17, 15) is 5.11 Å². The highest BCUT2D eigenvalue weighted by Gasteiger charge is 2.11. The Balaban J connectivity index is 2.56. The van der Waals surface area contributed by atoms with Gasteiger partial charge < -0.3 is 15.5 Å². The minimum atomic E-state index is 0.216. The Bertz CT molecular complexity index is 297. The summed E-state index contributed by atoms with van der Waals surface area (Å²) in [5.74, 6) is 0.290. The van der Waals surface area contributed by atoms with Crippen LogP contribution in [0.2, 0.25) is 0 Å². The van der Waals surface area contributed by atoms with E-state index in [2.05, 4.69) is 19.2 Å². The van der Waals surface area contributed by atoms with Crippen molar-refractivity contribution in [2.24, 2.45) is 0 Å². The van der Waals surface area contributed by atoms with Gasteiger partial charge in [-0.05, 0) is 37.5 Å². The van der Waals surface area contributed by atoms with Gasteiger partial charge in [-0.25, -0.2) is 0 Å². The van der Waals surface area contributed by atoms with Crippen molar-refractivity contribution >= 4 is 0 Å². The number of aromatic hydroxyl groups is 1. The van der Waals surface area contributed by atoms with Crippen molar-refractivity contribution in [3.8, 4) is 5.75 Å². The minimum absolute atomic E-state index is 0.216. The van der Waals surface area contributed by atoms with Crippen LogP contribution in [-0.2, 0) is 0 Å². The van der Waals surface area contributed by atoms with E-state index in [4.69, 9.17) is 5.11 Å². The molecule has 0 aliphatic carbocycles. The number of phenols is 1. The van der Waals surface area contributed by atoms with E-state index >= 15 is 0 Å². The van der Waals surface area contributed by atoms with Crippen LogP contribution >= 0.6 is 0 Å². The molecule has 2 unspecified atom stereocenters. The predicted octanol–water partition coefficient (Wildman–Crippen LogP) is 2.20. The normalized spacial score (nSPS) is 14.7. The van der Waals surface area contributed by atoms with Crippen molar-refractivity contribution in [2.45, 2.75) is 38.8 Å². The van der Waals surface area contributed by atoms with Crippen LogP contribution in [0.25, 0.3) is 0 Å². The molecule has 1 aromatic carbocycles. The zero-order valence-corrected chi connectivity index (χ0v) is 9.98. The fraction of sp³-hybridized carbons (Fsp3) is 0.538. The topological polar surface area (TPSA) is 52.5 Å². The number of nitrogens with one attached hydrogen (secondary N) is 1. The quantitative estimate of drug-likeness (QED) is 0.693. The number of rotatable bonds is 6. The Hall–Kier alpha value is -1.06. The maximum atomic E-state index is 9.20. The van der Waals surface area contributed by atoms with Gasteiger partial charge in [-0.15, -0.1) is 0 Å². The van der Waals surface area contributed by atoms with Crippen molar-refractivity contribution in [1.29, 1.82) is 0 Å². The third-order valence-corrected chi connectivity index (χ3v) is 2.85. The second kappa shape index (κ2) is 6.51. The average molecular weight is 223 g/mol. The molecule has 3 heteroatoms. The average Bonchev–Trinajstić information content (AvgIpc) is 2.29. The lowest BCUT2D eigenvalue weighted by atomic mass is 10.1. The highest BCUT2D eigenvalue weighted by molar-refractivity contribution is 5.27. The molecule has 0 saturated heterocycles. The standard InChI is InChI=1S/C13H21NO2/c1-3-12(8-9-15)14-10(2)11-4-6-13(16)7-5-11/h4-7,10,12,14-16H,3,8-9H2,1-2H3. The first-order valence-electron chi connectivity index (χ1n) is 5.83. The van der Waals surface area contributed by atoms with E-state index < -0.39 is 0 Å². The van der Waals surface area contributed by atoms with Crippen LogP contribution in [0.4, 0.5) is 0 Å². The Morgan fingerprint density at radius 1 is 1.25 bits per heavy atom. The molecule has 0 amide bonds. The largest absolute Gasteiger partial charge is 0.508 e. The Labute approximate surface area is 97.1 Å². The lowest BCUT2D eigenvalue weighted by molar-refractivity contribution is 0.257. The van der Waals surface area contributed by atoms with Gasteiger partial charge in [-0.2, -0.15) is 0 Å². The number of hydrogen-bond donors (Lipinski definition) is 3.